The van der Waals surface area contributed by atoms with Crippen LogP contribution < -0.4 is 5.32 Å². The highest BCUT2D eigenvalue weighted by Gasteiger charge is 2.09. The summed E-state index contributed by atoms with van der Waals surface area (Å²) in [6.45, 7) is 1.32. The second-order valence-electron chi connectivity index (χ2n) is 8.27. The second-order valence-corrected chi connectivity index (χ2v) is 8.27. The van der Waals surface area contributed by atoms with Crippen molar-refractivity contribution >= 4 is 22.4 Å². The molecule has 0 unspecified atom stereocenters. The van der Waals surface area contributed by atoms with Crippen LogP contribution >= 0.6 is 0 Å². The van der Waals surface area contributed by atoms with Gasteiger partial charge in [-0.15, -0.1) is 0 Å². The highest BCUT2D eigenvalue weighted by Crippen LogP contribution is 2.23. The number of hydrogen-bond acceptors (Lipinski definition) is 4. The van der Waals surface area contributed by atoms with Crippen molar-refractivity contribution < 1.29 is 9.72 Å². The average Bonchev–Trinajstić information content (AvgIpc) is 2.82. The van der Waals surface area contributed by atoms with E-state index in [2.05, 4.69) is 48.6 Å². The monoisotopic (exact) mass is 439 g/mol. The normalized spacial score (nSPS) is 11.0. The number of rotatable bonds is 7. The van der Waals surface area contributed by atoms with Gasteiger partial charge in [0, 0.05) is 30.8 Å². The lowest BCUT2D eigenvalue weighted by molar-refractivity contribution is -0.384. The van der Waals surface area contributed by atoms with Crippen LogP contribution in [0.25, 0.3) is 21.9 Å². The fraction of sp³-hybridized carbons (Fsp3) is 0.148. The second kappa shape index (κ2) is 9.63. The molecule has 33 heavy (non-hydrogen) atoms. The van der Waals surface area contributed by atoms with Crippen LogP contribution in [0, 0.1) is 10.1 Å². The van der Waals surface area contributed by atoms with Gasteiger partial charge >= 0.3 is 0 Å². The molecule has 0 saturated heterocycles. The molecule has 166 valence electrons. The maximum Gasteiger partial charge on any atom is 0.269 e. The Morgan fingerprint density at radius 3 is 2.21 bits per heavy atom. The van der Waals surface area contributed by atoms with Gasteiger partial charge in [-0.1, -0.05) is 42.5 Å². The van der Waals surface area contributed by atoms with Crippen LogP contribution in [0.1, 0.15) is 21.5 Å². The third kappa shape index (κ3) is 5.25. The zero-order chi connectivity index (χ0) is 23.4. The molecule has 0 aliphatic carbocycles. The summed E-state index contributed by atoms with van der Waals surface area (Å²) in [7, 11) is 4.10. The first-order valence-corrected chi connectivity index (χ1v) is 10.7. The molecule has 0 aromatic heterocycles. The molecule has 0 fully saturated rings. The van der Waals surface area contributed by atoms with Crippen molar-refractivity contribution in [3.63, 3.8) is 0 Å². The minimum Gasteiger partial charge on any atom is -0.348 e. The van der Waals surface area contributed by atoms with Crippen molar-refractivity contribution in [2.45, 2.75) is 13.1 Å². The Morgan fingerprint density at radius 2 is 1.58 bits per heavy atom. The van der Waals surface area contributed by atoms with Gasteiger partial charge in [0.15, 0.2) is 0 Å². The van der Waals surface area contributed by atoms with Crippen LogP contribution in [0.15, 0.2) is 84.9 Å². The van der Waals surface area contributed by atoms with E-state index in [4.69, 9.17) is 0 Å². The Hall–Kier alpha value is -4.03. The fourth-order valence-corrected chi connectivity index (χ4v) is 3.89. The van der Waals surface area contributed by atoms with E-state index < -0.39 is 4.92 Å². The topological polar surface area (TPSA) is 75.5 Å². The number of fused-ring (bicyclic) bond motifs is 1. The molecule has 0 spiro atoms. The zero-order valence-electron chi connectivity index (χ0n) is 18.6. The molecule has 0 radical (unpaired) electrons. The Labute approximate surface area is 192 Å². The van der Waals surface area contributed by atoms with Gasteiger partial charge < -0.3 is 10.2 Å². The molecule has 0 bridgehead atoms. The summed E-state index contributed by atoms with van der Waals surface area (Å²) in [6, 6.07) is 26.2. The number of hydrogen-bond donors (Lipinski definition) is 1. The van der Waals surface area contributed by atoms with E-state index in [0.717, 1.165) is 34.0 Å². The number of non-ortho nitro benzene ring substituents is 1. The van der Waals surface area contributed by atoms with E-state index in [1.54, 1.807) is 24.3 Å². The van der Waals surface area contributed by atoms with E-state index in [1.165, 1.54) is 17.7 Å². The molecule has 0 heterocycles. The maximum atomic E-state index is 12.7. The van der Waals surface area contributed by atoms with Gasteiger partial charge in [0.2, 0.25) is 0 Å². The molecule has 6 heteroatoms. The number of nitrogens with zero attached hydrogens (tertiary/aromatic N) is 2. The standard InChI is InChI=1S/C27H25N3O3/c1-29(2)18-19-6-15-26-23(16-19)4-3-5-24(26)17-28-27(31)22-9-7-20(8-10-22)21-11-13-25(14-12-21)30(32)33/h3-16H,17-18H2,1-2H3,(H,28,31). The van der Waals surface area contributed by atoms with Crippen molar-refractivity contribution in [2.24, 2.45) is 0 Å². The molecular formula is C27H25N3O3. The zero-order valence-corrected chi connectivity index (χ0v) is 18.6. The van der Waals surface area contributed by atoms with Crippen molar-refractivity contribution in [3.8, 4) is 11.1 Å². The largest absolute Gasteiger partial charge is 0.348 e. The van der Waals surface area contributed by atoms with Crippen LogP contribution in [0.4, 0.5) is 5.69 Å². The van der Waals surface area contributed by atoms with Crippen molar-refractivity contribution in [3.05, 3.63) is 112 Å². The number of carbonyl (C=O) groups excluding carboxylic acids is 1. The highest BCUT2D eigenvalue weighted by molar-refractivity contribution is 5.95. The molecule has 4 aromatic carbocycles. The number of nitro groups is 1. The van der Waals surface area contributed by atoms with Gasteiger partial charge in [-0.05, 0) is 77.5 Å². The van der Waals surface area contributed by atoms with Gasteiger partial charge in [0.1, 0.15) is 0 Å². The predicted molar refractivity (Wildman–Crippen MR) is 131 cm³/mol. The van der Waals surface area contributed by atoms with Crippen LogP contribution in [0.5, 0.6) is 0 Å². The Kier molecular flexibility index (Phi) is 6.47. The van der Waals surface area contributed by atoms with Crippen molar-refractivity contribution in [1.82, 2.24) is 10.2 Å². The first-order valence-electron chi connectivity index (χ1n) is 10.7. The molecule has 0 atom stereocenters. The van der Waals surface area contributed by atoms with E-state index in [0.29, 0.717) is 12.1 Å². The highest BCUT2D eigenvalue weighted by atomic mass is 16.6. The summed E-state index contributed by atoms with van der Waals surface area (Å²) in [5.41, 5.74) is 4.69. The Bertz CT molecular complexity index is 1300. The molecule has 4 rings (SSSR count). The number of nitro benzene ring substituents is 1. The summed E-state index contributed by atoms with van der Waals surface area (Å²) in [6.07, 6.45) is 0. The lowest BCUT2D eigenvalue weighted by atomic mass is 10.0. The van der Waals surface area contributed by atoms with Crippen molar-refractivity contribution in [2.75, 3.05) is 14.1 Å². The third-order valence-electron chi connectivity index (χ3n) is 5.53. The number of nitrogens with one attached hydrogen (secondary N) is 1. The predicted octanol–water partition coefficient (Wildman–Crippen LogP) is 5.41. The van der Waals surface area contributed by atoms with E-state index in [1.807, 2.05) is 24.3 Å². The molecule has 1 N–H and O–H groups in total. The fourth-order valence-electron chi connectivity index (χ4n) is 3.89. The molecule has 1 amide bonds. The lowest BCUT2D eigenvalue weighted by Crippen LogP contribution is -2.22. The first-order chi connectivity index (χ1) is 15.9. The van der Waals surface area contributed by atoms with Gasteiger partial charge in [0.05, 0.1) is 4.92 Å². The molecule has 0 aliphatic heterocycles. The third-order valence-corrected chi connectivity index (χ3v) is 5.53. The smallest absolute Gasteiger partial charge is 0.269 e. The van der Waals surface area contributed by atoms with Crippen molar-refractivity contribution in [1.29, 1.82) is 0 Å². The van der Waals surface area contributed by atoms with Crippen LogP contribution in [0.3, 0.4) is 0 Å². The molecule has 6 nitrogen and oxygen atoms in total. The SMILES string of the molecule is CN(C)Cc1ccc2c(CNC(=O)c3ccc(-c4ccc([N+](=O)[O-])cc4)cc3)cccc2c1. The van der Waals surface area contributed by atoms with Gasteiger partial charge in [-0.25, -0.2) is 0 Å². The minimum atomic E-state index is -0.421. The molecular weight excluding hydrogens is 414 g/mol. The van der Waals surface area contributed by atoms with E-state index in [-0.39, 0.29) is 11.6 Å². The Morgan fingerprint density at radius 1 is 0.909 bits per heavy atom. The summed E-state index contributed by atoms with van der Waals surface area (Å²) in [5, 5.41) is 16.1. The Balaban J connectivity index is 1.44. The van der Waals surface area contributed by atoms with Crippen LogP contribution in [-0.4, -0.2) is 29.8 Å². The van der Waals surface area contributed by atoms with Gasteiger partial charge in [0.25, 0.3) is 11.6 Å². The summed E-state index contributed by atoms with van der Waals surface area (Å²) >= 11 is 0. The van der Waals surface area contributed by atoms with E-state index >= 15 is 0 Å². The number of carbonyl (C=O) groups is 1. The first kappa shape index (κ1) is 22.2. The number of benzene rings is 4. The van der Waals surface area contributed by atoms with Crippen LogP contribution in [0.2, 0.25) is 0 Å². The summed E-state index contributed by atoms with van der Waals surface area (Å²) in [5.74, 6) is -0.147. The summed E-state index contributed by atoms with van der Waals surface area (Å²) < 4.78 is 0. The number of amides is 1. The van der Waals surface area contributed by atoms with Gasteiger partial charge in [-0.3, -0.25) is 14.9 Å². The maximum absolute atomic E-state index is 12.7. The average molecular weight is 440 g/mol. The van der Waals surface area contributed by atoms with E-state index in [9.17, 15) is 14.9 Å². The van der Waals surface area contributed by atoms with Crippen LogP contribution in [-0.2, 0) is 13.1 Å². The van der Waals surface area contributed by atoms with Gasteiger partial charge in [-0.2, -0.15) is 0 Å². The summed E-state index contributed by atoms with van der Waals surface area (Å²) in [4.78, 5) is 25.2. The molecule has 0 aliphatic rings. The molecule has 4 aromatic rings. The minimum absolute atomic E-state index is 0.0529. The quantitative estimate of drug-likeness (QED) is 0.309. The lowest BCUT2D eigenvalue weighted by Gasteiger charge is -2.12. The molecule has 0 saturated carbocycles.